The number of hydrogen-bond donors (Lipinski definition) is 0. The lowest BCUT2D eigenvalue weighted by Gasteiger charge is -2.37. The minimum Gasteiger partial charge on any atom is -0.353 e. The zero-order valence-corrected chi connectivity index (χ0v) is 10.1. The van der Waals surface area contributed by atoms with Crippen molar-refractivity contribution in [2.24, 2.45) is 0 Å². The van der Waals surface area contributed by atoms with E-state index in [9.17, 15) is 0 Å². The summed E-state index contributed by atoms with van der Waals surface area (Å²) in [4.78, 5) is 0. The van der Waals surface area contributed by atoms with E-state index < -0.39 is 0 Å². The molecule has 2 rings (SSSR count). The molecule has 1 aliphatic carbocycles. The number of rotatable bonds is 3. The fourth-order valence-electron chi connectivity index (χ4n) is 2.61. The molecule has 1 saturated carbocycles. The third-order valence-corrected chi connectivity index (χ3v) is 3.76. The Morgan fingerprint density at radius 3 is 2.06 bits per heavy atom. The Kier molecular flexibility index (Phi) is 3.62. The minimum absolute atomic E-state index is 0.328. The summed E-state index contributed by atoms with van der Waals surface area (Å²) in [6.07, 6.45) is 4.26. The molecule has 2 heteroatoms. The summed E-state index contributed by atoms with van der Waals surface area (Å²) in [6, 6.07) is 10.7. The monoisotopic (exact) mass is 220 g/mol. The van der Waals surface area contributed by atoms with Crippen molar-refractivity contribution in [1.29, 1.82) is 0 Å². The highest BCUT2D eigenvalue weighted by Gasteiger charge is 2.35. The molecule has 1 aliphatic rings. The number of hydrogen-bond acceptors (Lipinski definition) is 2. The quantitative estimate of drug-likeness (QED) is 0.727. The van der Waals surface area contributed by atoms with Crippen molar-refractivity contribution in [3.05, 3.63) is 35.9 Å². The molecule has 16 heavy (non-hydrogen) atoms. The largest absolute Gasteiger partial charge is 0.353 e. The summed E-state index contributed by atoms with van der Waals surface area (Å²) in [5, 5.41) is 0. The fraction of sp³-hybridized carbons (Fsp3) is 0.571. The molecule has 0 aliphatic heterocycles. The standard InChI is InChI=1S/C14H20O2/c1-15-14(16-2)10-8-13(9-11-14)12-6-4-3-5-7-12/h3-7,13H,8-11H2,1-2H3. The highest BCUT2D eigenvalue weighted by Crippen LogP contribution is 2.39. The van der Waals surface area contributed by atoms with Gasteiger partial charge in [-0.3, -0.25) is 0 Å². The van der Waals surface area contributed by atoms with Gasteiger partial charge < -0.3 is 9.47 Å². The highest BCUT2D eigenvalue weighted by atomic mass is 16.7. The molecule has 0 aromatic heterocycles. The summed E-state index contributed by atoms with van der Waals surface area (Å²) in [5.41, 5.74) is 1.45. The van der Waals surface area contributed by atoms with Crippen LogP contribution in [0.5, 0.6) is 0 Å². The molecule has 1 fully saturated rings. The van der Waals surface area contributed by atoms with E-state index >= 15 is 0 Å². The van der Waals surface area contributed by atoms with Gasteiger partial charge in [-0.05, 0) is 24.3 Å². The lowest BCUT2D eigenvalue weighted by molar-refractivity contribution is -0.224. The first kappa shape index (κ1) is 11.6. The van der Waals surface area contributed by atoms with E-state index in [1.807, 2.05) is 0 Å². The summed E-state index contributed by atoms with van der Waals surface area (Å²) < 4.78 is 11.0. The molecule has 0 radical (unpaired) electrons. The van der Waals surface area contributed by atoms with Crippen molar-refractivity contribution in [2.45, 2.75) is 37.4 Å². The zero-order chi connectivity index (χ0) is 11.4. The summed E-state index contributed by atoms with van der Waals surface area (Å²) in [7, 11) is 3.48. The minimum atomic E-state index is -0.328. The van der Waals surface area contributed by atoms with E-state index in [2.05, 4.69) is 30.3 Å². The second kappa shape index (κ2) is 4.98. The average Bonchev–Trinajstić information content (AvgIpc) is 2.40. The van der Waals surface area contributed by atoms with E-state index in [4.69, 9.17) is 9.47 Å². The Bertz CT molecular complexity index is 307. The van der Waals surface area contributed by atoms with Gasteiger partial charge in [-0.25, -0.2) is 0 Å². The smallest absolute Gasteiger partial charge is 0.167 e. The fourth-order valence-corrected chi connectivity index (χ4v) is 2.61. The Morgan fingerprint density at radius 2 is 1.56 bits per heavy atom. The van der Waals surface area contributed by atoms with Crippen LogP contribution in [-0.4, -0.2) is 20.0 Å². The number of ether oxygens (including phenoxy) is 2. The van der Waals surface area contributed by atoms with Crippen molar-refractivity contribution >= 4 is 0 Å². The molecular weight excluding hydrogens is 200 g/mol. The first-order chi connectivity index (χ1) is 7.79. The summed E-state index contributed by atoms with van der Waals surface area (Å²) in [6.45, 7) is 0. The molecule has 88 valence electrons. The van der Waals surface area contributed by atoms with Crippen molar-refractivity contribution in [1.82, 2.24) is 0 Å². The molecular formula is C14H20O2. The van der Waals surface area contributed by atoms with E-state index in [-0.39, 0.29) is 5.79 Å². The summed E-state index contributed by atoms with van der Waals surface area (Å²) in [5.74, 6) is 0.338. The van der Waals surface area contributed by atoms with Crippen LogP contribution in [0.25, 0.3) is 0 Å². The first-order valence-electron chi connectivity index (χ1n) is 5.95. The lowest BCUT2D eigenvalue weighted by atomic mass is 9.81. The predicted molar refractivity (Wildman–Crippen MR) is 64.4 cm³/mol. The van der Waals surface area contributed by atoms with Crippen LogP contribution in [0.4, 0.5) is 0 Å². The molecule has 1 aromatic carbocycles. The van der Waals surface area contributed by atoms with Crippen molar-refractivity contribution < 1.29 is 9.47 Å². The van der Waals surface area contributed by atoms with E-state index in [0.717, 1.165) is 25.7 Å². The van der Waals surface area contributed by atoms with Gasteiger partial charge in [0, 0.05) is 27.1 Å². The van der Waals surface area contributed by atoms with E-state index in [1.165, 1.54) is 5.56 Å². The average molecular weight is 220 g/mol. The van der Waals surface area contributed by atoms with Crippen molar-refractivity contribution in [2.75, 3.05) is 14.2 Å². The Morgan fingerprint density at radius 1 is 1.00 bits per heavy atom. The third kappa shape index (κ3) is 2.28. The maximum atomic E-state index is 5.49. The van der Waals surface area contributed by atoms with Gasteiger partial charge in [-0.2, -0.15) is 0 Å². The van der Waals surface area contributed by atoms with Gasteiger partial charge >= 0.3 is 0 Å². The zero-order valence-electron chi connectivity index (χ0n) is 10.1. The van der Waals surface area contributed by atoms with Gasteiger partial charge in [0.1, 0.15) is 0 Å². The second-order valence-electron chi connectivity index (χ2n) is 4.50. The molecule has 2 nitrogen and oxygen atoms in total. The maximum Gasteiger partial charge on any atom is 0.167 e. The molecule has 1 aromatic rings. The first-order valence-corrected chi connectivity index (χ1v) is 5.95. The molecule has 0 spiro atoms. The number of methoxy groups -OCH3 is 2. The Hall–Kier alpha value is -0.860. The van der Waals surface area contributed by atoms with Gasteiger partial charge in [-0.15, -0.1) is 0 Å². The van der Waals surface area contributed by atoms with Gasteiger partial charge in [0.05, 0.1) is 0 Å². The van der Waals surface area contributed by atoms with Crippen LogP contribution in [0.15, 0.2) is 30.3 Å². The molecule has 0 atom stereocenters. The lowest BCUT2D eigenvalue weighted by Crippen LogP contribution is -2.37. The second-order valence-corrected chi connectivity index (χ2v) is 4.50. The van der Waals surface area contributed by atoms with Crippen LogP contribution in [0, 0.1) is 0 Å². The SMILES string of the molecule is COC1(OC)CCC(c2ccccc2)CC1. The highest BCUT2D eigenvalue weighted by molar-refractivity contribution is 5.20. The van der Waals surface area contributed by atoms with Crippen LogP contribution in [0.2, 0.25) is 0 Å². The van der Waals surface area contributed by atoms with Crippen molar-refractivity contribution in [3.8, 4) is 0 Å². The van der Waals surface area contributed by atoms with Crippen LogP contribution < -0.4 is 0 Å². The Balaban J connectivity index is 2.00. The Labute approximate surface area is 97.6 Å². The van der Waals surface area contributed by atoms with Crippen molar-refractivity contribution in [3.63, 3.8) is 0 Å². The molecule has 0 N–H and O–H groups in total. The van der Waals surface area contributed by atoms with Gasteiger partial charge in [0.25, 0.3) is 0 Å². The number of benzene rings is 1. The van der Waals surface area contributed by atoms with Crippen LogP contribution in [-0.2, 0) is 9.47 Å². The molecule has 0 unspecified atom stereocenters. The molecule has 0 heterocycles. The van der Waals surface area contributed by atoms with Crippen LogP contribution in [0.1, 0.15) is 37.2 Å². The van der Waals surface area contributed by atoms with Gasteiger partial charge in [-0.1, -0.05) is 30.3 Å². The topological polar surface area (TPSA) is 18.5 Å². The maximum absolute atomic E-state index is 5.49. The molecule has 0 saturated heterocycles. The van der Waals surface area contributed by atoms with Crippen LogP contribution in [0.3, 0.4) is 0 Å². The van der Waals surface area contributed by atoms with E-state index in [0.29, 0.717) is 5.92 Å². The third-order valence-electron chi connectivity index (χ3n) is 3.76. The van der Waals surface area contributed by atoms with Crippen LogP contribution >= 0.6 is 0 Å². The molecule has 0 bridgehead atoms. The summed E-state index contributed by atoms with van der Waals surface area (Å²) >= 11 is 0. The molecule has 0 amide bonds. The van der Waals surface area contributed by atoms with Gasteiger partial charge in [0.15, 0.2) is 5.79 Å². The van der Waals surface area contributed by atoms with E-state index in [1.54, 1.807) is 14.2 Å². The van der Waals surface area contributed by atoms with Gasteiger partial charge in [0.2, 0.25) is 0 Å². The predicted octanol–water partition coefficient (Wildman–Crippen LogP) is 3.33. The normalized spacial score (nSPS) is 20.9.